The minimum Gasteiger partial charge on any atom is -0.305 e. The molecule has 0 amide bonds. The van der Waals surface area contributed by atoms with Gasteiger partial charge in [-0.3, -0.25) is 4.79 Å². The molecule has 0 atom stereocenters. The van der Waals surface area contributed by atoms with Crippen molar-refractivity contribution >= 4 is 17.5 Å². The smallest absolute Gasteiger partial charge is 0.191 e. The molecule has 0 radical (unpaired) electrons. The summed E-state index contributed by atoms with van der Waals surface area (Å²) in [6, 6.07) is 16.8. The SMILES string of the molecule is Cc1cccc(-c2nnc(SCC(=O)c3ccc(C#N)cc3)n2C)c1. The van der Waals surface area contributed by atoms with Crippen LogP contribution in [0.5, 0.6) is 0 Å². The predicted octanol–water partition coefficient (Wildman–Crippen LogP) is 3.64. The summed E-state index contributed by atoms with van der Waals surface area (Å²) in [6.07, 6.45) is 0. The van der Waals surface area contributed by atoms with E-state index in [4.69, 9.17) is 5.26 Å². The number of carbonyl (C=O) groups is 1. The van der Waals surface area contributed by atoms with Crippen molar-refractivity contribution in [3.8, 4) is 17.5 Å². The Kier molecular flexibility index (Phi) is 4.96. The first-order valence-electron chi connectivity index (χ1n) is 7.71. The van der Waals surface area contributed by atoms with Gasteiger partial charge in [0.2, 0.25) is 0 Å². The Bertz CT molecular complexity index is 954. The molecular formula is C19H16N4OS. The summed E-state index contributed by atoms with van der Waals surface area (Å²) >= 11 is 1.35. The highest BCUT2D eigenvalue weighted by atomic mass is 32.2. The van der Waals surface area contributed by atoms with Gasteiger partial charge in [0.15, 0.2) is 16.8 Å². The molecule has 0 aliphatic rings. The van der Waals surface area contributed by atoms with E-state index in [1.54, 1.807) is 24.3 Å². The average Bonchev–Trinajstić information content (AvgIpc) is 3.00. The normalized spacial score (nSPS) is 10.4. The van der Waals surface area contributed by atoms with Gasteiger partial charge >= 0.3 is 0 Å². The predicted molar refractivity (Wildman–Crippen MR) is 97.4 cm³/mol. The van der Waals surface area contributed by atoms with Crippen molar-refractivity contribution in [1.29, 1.82) is 5.26 Å². The van der Waals surface area contributed by atoms with Crippen LogP contribution < -0.4 is 0 Å². The largest absolute Gasteiger partial charge is 0.305 e. The van der Waals surface area contributed by atoms with Crippen molar-refractivity contribution in [2.45, 2.75) is 12.1 Å². The Morgan fingerprint density at radius 2 is 1.96 bits per heavy atom. The molecule has 0 N–H and O–H groups in total. The third kappa shape index (κ3) is 3.78. The zero-order valence-corrected chi connectivity index (χ0v) is 14.7. The van der Waals surface area contributed by atoms with Crippen LogP contribution in [0, 0.1) is 18.3 Å². The molecule has 0 aliphatic carbocycles. The van der Waals surface area contributed by atoms with Crippen molar-refractivity contribution in [2.75, 3.05) is 5.75 Å². The number of aryl methyl sites for hydroxylation is 1. The van der Waals surface area contributed by atoms with Crippen molar-refractivity contribution in [1.82, 2.24) is 14.8 Å². The first-order valence-corrected chi connectivity index (χ1v) is 8.69. The molecule has 0 fully saturated rings. The van der Waals surface area contributed by atoms with Crippen LogP contribution in [0.2, 0.25) is 0 Å². The summed E-state index contributed by atoms with van der Waals surface area (Å²) < 4.78 is 1.89. The zero-order valence-electron chi connectivity index (χ0n) is 13.9. The Hall–Kier alpha value is -2.91. The molecule has 1 aromatic heterocycles. The van der Waals surface area contributed by atoms with Crippen LogP contribution in [0.1, 0.15) is 21.5 Å². The number of aromatic nitrogens is 3. The standard InChI is InChI=1S/C19H16N4OS/c1-13-4-3-5-16(10-13)18-21-22-19(23(18)2)25-12-17(24)15-8-6-14(11-20)7-9-15/h3-10H,12H2,1-2H3. The summed E-state index contributed by atoms with van der Waals surface area (Å²) in [4.78, 5) is 12.3. The van der Waals surface area contributed by atoms with E-state index >= 15 is 0 Å². The fraction of sp³-hybridized carbons (Fsp3) is 0.158. The second-order valence-corrected chi connectivity index (χ2v) is 6.58. The van der Waals surface area contributed by atoms with Crippen LogP contribution in [0.15, 0.2) is 53.7 Å². The van der Waals surface area contributed by atoms with E-state index in [0.717, 1.165) is 17.0 Å². The lowest BCUT2D eigenvalue weighted by atomic mass is 10.1. The van der Waals surface area contributed by atoms with Crippen LogP contribution in [-0.2, 0) is 7.05 Å². The van der Waals surface area contributed by atoms with E-state index in [-0.39, 0.29) is 11.5 Å². The summed E-state index contributed by atoms with van der Waals surface area (Å²) in [5.41, 5.74) is 3.29. The Labute approximate surface area is 150 Å². The van der Waals surface area contributed by atoms with E-state index < -0.39 is 0 Å². The van der Waals surface area contributed by atoms with Gasteiger partial charge in [0, 0.05) is 18.2 Å². The van der Waals surface area contributed by atoms with Crippen LogP contribution in [0.25, 0.3) is 11.4 Å². The van der Waals surface area contributed by atoms with Gasteiger partial charge in [-0.05, 0) is 25.1 Å². The van der Waals surface area contributed by atoms with Gasteiger partial charge in [-0.2, -0.15) is 5.26 Å². The number of nitrogens with zero attached hydrogens (tertiary/aromatic N) is 4. The van der Waals surface area contributed by atoms with Crippen LogP contribution >= 0.6 is 11.8 Å². The second-order valence-electron chi connectivity index (χ2n) is 5.64. The molecule has 2 aromatic carbocycles. The average molecular weight is 348 g/mol. The maximum absolute atomic E-state index is 12.3. The van der Waals surface area contributed by atoms with Crippen LogP contribution in [0.3, 0.4) is 0 Å². The van der Waals surface area contributed by atoms with Crippen molar-refractivity contribution in [3.63, 3.8) is 0 Å². The van der Waals surface area contributed by atoms with E-state index in [0.29, 0.717) is 16.3 Å². The second kappa shape index (κ2) is 7.32. The first kappa shape index (κ1) is 16.9. The van der Waals surface area contributed by atoms with Crippen LogP contribution in [0.4, 0.5) is 0 Å². The summed E-state index contributed by atoms with van der Waals surface area (Å²) in [7, 11) is 1.90. The lowest BCUT2D eigenvalue weighted by Gasteiger charge is -2.04. The van der Waals surface area contributed by atoms with E-state index in [9.17, 15) is 4.79 Å². The van der Waals surface area contributed by atoms with Crippen LogP contribution in [-0.4, -0.2) is 26.3 Å². The number of ketones is 1. The monoisotopic (exact) mass is 348 g/mol. The highest BCUT2D eigenvalue weighted by Crippen LogP contribution is 2.23. The number of hydrogen-bond donors (Lipinski definition) is 0. The topological polar surface area (TPSA) is 71.6 Å². The number of thioether (sulfide) groups is 1. The molecule has 3 aromatic rings. The van der Waals surface area contributed by atoms with Gasteiger partial charge in [-0.25, -0.2) is 0 Å². The third-order valence-electron chi connectivity index (χ3n) is 3.78. The molecule has 3 rings (SSSR count). The molecule has 0 unspecified atom stereocenters. The highest BCUT2D eigenvalue weighted by molar-refractivity contribution is 7.99. The zero-order chi connectivity index (χ0) is 17.8. The van der Waals surface area contributed by atoms with Gasteiger partial charge in [0.05, 0.1) is 17.4 Å². The molecular weight excluding hydrogens is 332 g/mol. The number of nitriles is 1. The van der Waals surface area contributed by atoms with Gasteiger partial charge in [0.25, 0.3) is 0 Å². The number of Topliss-reactive ketones (excluding diaryl/α,β-unsaturated/α-hetero) is 1. The Morgan fingerprint density at radius 1 is 1.20 bits per heavy atom. The van der Waals surface area contributed by atoms with Gasteiger partial charge in [0.1, 0.15) is 0 Å². The number of hydrogen-bond acceptors (Lipinski definition) is 5. The van der Waals surface area contributed by atoms with Gasteiger partial charge in [-0.15, -0.1) is 10.2 Å². The minimum atomic E-state index is -0.00500. The van der Waals surface area contributed by atoms with Crippen molar-refractivity contribution in [2.24, 2.45) is 7.05 Å². The van der Waals surface area contributed by atoms with E-state index in [2.05, 4.69) is 16.3 Å². The maximum atomic E-state index is 12.3. The number of benzene rings is 2. The summed E-state index contributed by atoms with van der Waals surface area (Å²) in [6.45, 7) is 2.03. The fourth-order valence-electron chi connectivity index (χ4n) is 2.42. The third-order valence-corrected chi connectivity index (χ3v) is 4.80. The molecule has 25 heavy (non-hydrogen) atoms. The molecule has 0 saturated carbocycles. The lowest BCUT2D eigenvalue weighted by Crippen LogP contribution is -2.04. The number of rotatable bonds is 5. The van der Waals surface area contributed by atoms with E-state index in [1.807, 2.05) is 42.8 Å². The van der Waals surface area contributed by atoms with Crippen molar-refractivity contribution in [3.05, 3.63) is 65.2 Å². The molecule has 6 heteroatoms. The quantitative estimate of drug-likeness (QED) is 0.520. The molecule has 0 saturated heterocycles. The summed E-state index contributed by atoms with van der Waals surface area (Å²) in [5.74, 6) is 1.04. The molecule has 5 nitrogen and oxygen atoms in total. The van der Waals surface area contributed by atoms with Crippen molar-refractivity contribution < 1.29 is 4.79 Å². The summed E-state index contributed by atoms with van der Waals surface area (Å²) in [5, 5.41) is 17.9. The Balaban J connectivity index is 1.71. The minimum absolute atomic E-state index is 0.00500. The van der Waals surface area contributed by atoms with E-state index in [1.165, 1.54) is 11.8 Å². The lowest BCUT2D eigenvalue weighted by molar-refractivity contribution is 0.102. The first-order chi connectivity index (χ1) is 12.1. The highest BCUT2D eigenvalue weighted by Gasteiger charge is 2.14. The Morgan fingerprint density at radius 3 is 2.64 bits per heavy atom. The molecule has 0 aliphatic heterocycles. The maximum Gasteiger partial charge on any atom is 0.191 e. The number of carbonyl (C=O) groups excluding carboxylic acids is 1. The molecule has 0 spiro atoms. The fourth-order valence-corrected chi connectivity index (χ4v) is 3.23. The molecule has 0 bridgehead atoms. The van der Waals surface area contributed by atoms with Gasteiger partial charge < -0.3 is 4.57 Å². The molecule has 1 heterocycles. The molecule has 124 valence electrons. The van der Waals surface area contributed by atoms with Gasteiger partial charge in [-0.1, -0.05) is 47.7 Å².